The zero-order chi connectivity index (χ0) is 16.7. The van der Waals surface area contributed by atoms with Crippen LogP contribution in [0.15, 0.2) is 29.1 Å². The van der Waals surface area contributed by atoms with Gasteiger partial charge in [-0.05, 0) is 37.8 Å². The SMILES string of the molecule is Cl.Cn1c(=O)n(CCC(=O)NC2CC3CCC(C2)N3)c2ccccc21. The third-order valence-electron chi connectivity index (χ3n) is 5.45. The molecule has 2 aliphatic heterocycles. The quantitative estimate of drug-likeness (QED) is 0.865. The van der Waals surface area contributed by atoms with Gasteiger partial charge in [-0.1, -0.05) is 12.1 Å². The van der Waals surface area contributed by atoms with Gasteiger partial charge in [-0.15, -0.1) is 12.4 Å². The van der Waals surface area contributed by atoms with E-state index in [1.54, 1.807) is 16.2 Å². The predicted molar refractivity (Wildman–Crippen MR) is 100 cm³/mol. The number of piperidine rings is 1. The lowest BCUT2D eigenvalue weighted by Gasteiger charge is -2.29. The van der Waals surface area contributed by atoms with Crippen LogP contribution in [0.5, 0.6) is 0 Å². The lowest BCUT2D eigenvalue weighted by molar-refractivity contribution is -0.122. The van der Waals surface area contributed by atoms with Crippen LogP contribution in [0.1, 0.15) is 32.1 Å². The monoisotopic (exact) mass is 364 g/mol. The van der Waals surface area contributed by atoms with Crippen LogP contribution in [0.25, 0.3) is 11.0 Å². The summed E-state index contributed by atoms with van der Waals surface area (Å²) in [6.45, 7) is 0.420. The van der Waals surface area contributed by atoms with Crippen LogP contribution in [-0.4, -0.2) is 33.2 Å². The van der Waals surface area contributed by atoms with Crippen molar-refractivity contribution in [2.45, 2.75) is 56.8 Å². The molecule has 1 amide bonds. The van der Waals surface area contributed by atoms with E-state index in [0.29, 0.717) is 25.0 Å². The zero-order valence-electron chi connectivity index (χ0n) is 14.4. The van der Waals surface area contributed by atoms with Crippen LogP contribution in [0, 0.1) is 0 Å². The molecule has 6 nitrogen and oxygen atoms in total. The number of imidazole rings is 1. The fourth-order valence-corrected chi connectivity index (χ4v) is 4.27. The molecule has 2 N–H and O–H groups in total. The summed E-state index contributed by atoms with van der Waals surface area (Å²) in [7, 11) is 1.77. The van der Waals surface area contributed by atoms with E-state index in [-0.39, 0.29) is 30.0 Å². The first kappa shape index (κ1) is 18.0. The van der Waals surface area contributed by atoms with E-state index in [1.165, 1.54) is 12.8 Å². The standard InChI is InChI=1S/C18H24N4O2.ClH/c1-21-15-4-2-3-5-16(15)22(18(21)24)9-8-17(23)20-14-10-12-6-7-13(11-14)19-12;/h2-5,12-14,19H,6-11H2,1H3,(H,20,23);1H. The van der Waals surface area contributed by atoms with Gasteiger partial charge in [0.25, 0.3) is 0 Å². The molecule has 4 rings (SSSR count). The molecule has 2 fully saturated rings. The normalized spacial score (nSPS) is 24.9. The number of aromatic nitrogens is 2. The molecule has 7 heteroatoms. The molecule has 25 heavy (non-hydrogen) atoms. The highest BCUT2D eigenvalue weighted by Gasteiger charge is 2.33. The van der Waals surface area contributed by atoms with Gasteiger partial charge in [0, 0.05) is 38.1 Å². The van der Waals surface area contributed by atoms with Gasteiger partial charge in [0.1, 0.15) is 0 Å². The Morgan fingerprint density at radius 1 is 1.20 bits per heavy atom. The van der Waals surface area contributed by atoms with Crippen molar-refractivity contribution < 1.29 is 4.79 Å². The highest BCUT2D eigenvalue weighted by atomic mass is 35.5. The van der Waals surface area contributed by atoms with Gasteiger partial charge in [0.2, 0.25) is 5.91 Å². The number of rotatable bonds is 4. The molecule has 0 radical (unpaired) electrons. The Hall–Kier alpha value is -1.79. The van der Waals surface area contributed by atoms with E-state index >= 15 is 0 Å². The molecule has 136 valence electrons. The first-order chi connectivity index (χ1) is 11.6. The van der Waals surface area contributed by atoms with E-state index in [1.807, 2.05) is 24.3 Å². The van der Waals surface area contributed by atoms with Gasteiger partial charge >= 0.3 is 5.69 Å². The Morgan fingerprint density at radius 2 is 1.84 bits per heavy atom. The summed E-state index contributed by atoms with van der Waals surface area (Å²) in [4.78, 5) is 24.7. The van der Waals surface area contributed by atoms with Crippen molar-refractivity contribution >= 4 is 29.3 Å². The predicted octanol–water partition coefficient (Wildman–Crippen LogP) is 1.55. The Balaban J connectivity index is 0.00000182. The Morgan fingerprint density at radius 3 is 2.52 bits per heavy atom. The number of carbonyl (C=O) groups is 1. The maximum Gasteiger partial charge on any atom is 0.328 e. The number of aryl methyl sites for hydroxylation is 2. The summed E-state index contributed by atoms with van der Waals surface area (Å²) in [5.41, 5.74) is 1.72. The van der Waals surface area contributed by atoms with E-state index in [9.17, 15) is 9.59 Å². The third kappa shape index (κ3) is 3.46. The number of fused-ring (bicyclic) bond motifs is 3. The molecule has 2 unspecified atom stereocenters. The Labute approximate surface area is 153 Å². The molecular formula is C18H25ClN4O2. The minimum absolute atomic E-state index is 0. The topological polar surface area (TPSA) is 68.1 Å². The van der Waals surface area contributed by atoms with Gasteiger partial charge < -0.3 is 10.6 Å². The molecule has 2 aliphatic rings. The van der Waals surface area contributed by atoms with Crippen molar-refractivity contribution in [2.24, 2.45) is 7.05 Å². The first-order valence-electron chi connectivity index (χ1n) is 8.81. The largest absolute Gasteiger partial charge is 0.353 e. The van der Waals surface area contributed by atoms with Crippen LogP contribution in [-0.2, 0) is 18.4 Å². The minimum Gasteiger partial charge on any atom is -0.353 e. The maximum absolute atomic E-state index is 12.4. The van der Waals surface area contributed by atoms with Crippen LogP contribution >= 0.6 is 12.4 Å². The molecule has 3 heterocycles. The molecular weight excluding hydrogens is 340 g/mol. The summed E-state index contributed by atoms with van der Waals surface area (Å²) in [5, 5.41) is 6.75. The van der Waals surface area contributed by atoms with Crippen molar-refractivity contribution in [3.05, 3.63) is 34.7 Å². The second kappa shape index (κ2) is 7.22. The van der Waals surface area contributed by atoms with Crippen molar-refractivity contribution in [3.63, 3.8) is 0 Å². The molecule has 2 atom stereocenters. The van der Waals surface area contributed by atoms with Crippen molar-refractivity contribution in [1.29, 1.82) is 0 Å². The number of benzene rings is 1. The summed E-state index contributed by atoms with van der Waals surface area (Å²) < 4.78 is 3.33. The van der Waals surface area contributed by atoms with E-state index in [2.05, 4.69) is 10.6 Å². The maximum atomic E-state index is 12.4. The highest BCUT2D eigenvalue weighted by molar-refractivity contribution is 5.85. The number of hydrogen-bond acceptors (Lipinski definition) is 3. The minimum atomic E-state index is -0.0658. The van der Waals surface area contributed by atoms with Crippen LogP contribution in [0.4, 0.5) is 0 Å². The molecule has 0 aliphatic carbocycles. The second-order valence-electron chi connectivity index (χ2n) is 7.11. The number of nitrogens with zero attached hydrogens (tertiary/aromatic N) is 2. The molecule has 1 aromatic heterocycles. The molecule has 1 aromatic carbocycles. The zero-order valence-corrected chi connectivity index (χ0v) is 15.2. The number of halogens is 1. The highest BCUT2D eigenvalue weighted by Crippen LogP contribution is 2.26. The lowest BCUT2D eigenvalue weighted by atomic mass is 10.00. The fourth-order valence-electron chi connectivity index (χ4n) is 4.27. The van der Waals surface area contributed by atoms with Gasteiger partial charge in [-0.25, -0.2) is 4.79 Å². The molecule has 2 bridgehead atoms. The van der Waals surface area contributed by atoms with E-state index in [4.69, 9.17) is 0 Å². The second-order valence-corrected chi connectivity index (χ2v) is 7.11. The number of nitrogens with one attached hydrogen (secondary N) is 2. The Kier molecular flexibility index (Phi) is 5.20. The smallest absolute Gasteiger partial charge is 0.328 e. The molecule has 0 spiro atoms. The Bertz CT molecular complexity index is 816. The van der Waals surface area contributed by atoms with E-state index in [0.717, 1.165) is 23.9 Å². The van der Waals surface area contributed by atoms with Crippen molar-refractivity contribution in [3.8, 4) is 0 Å². The number of para-hydroxylation sites is 2. The molecule has 2 aromatic rings. The van der Waals surface area contributed by atoms with Crippen LogP contribution in [0.3, 0.4) is 0 Å². The van der Waals surface area contributed by atoms with Gasteiger partial charge in [0.05, 0.1) is 11.0 Å². The number of carbonyl (C=O) groups excluding carboxylic acids is 1. The molecule has 0 saturated carbocycles. The fraction of sp³-hybridized carbons (Fsp3) is 0.556. The summed E-state index contributed by atoms with van der Waals surface area (Å²) in [5.74, 6) is 0.0427. The lowest BCUT2D eigenvalue weighted by Crippen LogP contribution is -2.48. The summed E-state index contributed by atoms with van der Waals surface area (Å²) >= 11 is 0. The van der Waals surface area contributed by atoms with E-state index < -0.39 is 0 Å². The van der Waals surface area contributed by atoms with Gasteiger partial charge in [-0.2, -0.15) is 0 Å². The molecule has 2 saturated heterocycles. The van der Waals surface area contributed by atoms with Crippen molar-refractivity contribution in [2.75, 3.05) is 0 Å². The van der Waals surface area contributed by atoms with Crippen LogP contribution in [0.2, 0.25) is 0 Å². The average molecular weight is 365 g/mol. The summed E-state index contributed by atoms with van der Waals surface area (Å²) in [6.07, 6.45) is 4.84. The van der Waals surface area contributed by atoms with Crippen molar-refractivity contribution in [1.82, 2.24) is 19.8 Å². The number of amides is 1. The third-order valence-corrected chi connectivity index (χ3v) is 5.45. The van der Waals surface area contributed by atoms with Gasteiger partial charge in [-0.3, -0.25) is 13.9 Å². The average Bonchev–Trinajstić information content (AvgIpc) is 3.04. The van der Waals surface area contributed by atoms with Gasteiger partial charge in [0.15, 0.2) is 0 Å². The summed E-state index contributed by atoms with van der Waals surface area (Å²) in [6, 6.07) is 9.11. The first-order valence-corrected chi connectivity index (χ1v) is 8.81. The number of hydrogen-bond donors (Lipinski definition) is 2. The van der Waals surface area contributed by atoms with Crippen LogP contribution < -0.4 is 16.3 Å².